The minimum atomic E-state index is 0.728. The zero-order chi connectivity index (χ0) is 9.97. The summed E-state index contributed by atoms with van der Waals surface area (Å²) in [5.74, 6) is 0. The van der Waals surface area contributed by atoms with Crippen molar-refractivity contribution in [1.29, 1.82) is 0 Å². The molecule has 1 aliphatic rings. The average Bonchev–Trinajstić information content (AvgIpc) is 2.20. The van der Waals surface area contributed by atoms with E-state index in [2.05, 4.69) is 12.1 Å². The lowest BCUT2D eigenvalue weighted by Crippen LogP contribution is -2.05. The number of hydrogen-bond acceptors (Lipinski definition) is 1. The molecule has 0 amide bonds. The number of benzene rings is 1. The summed E-state index contributed by atoms with van der Waals surface area (Å²) in [4.78, 5) is 0. The van der Waals surface area contributed by atoms with E-state index in [0.717, 1.165) is 30.8 Å². The van der Waals surface area contributed by atoms with Crippen LogP contribution in [0.4, 0.5) is 0 Å². The van der Waals surface area contributed by atoms with Gasteiger partial charge in [-0.15, -0.1) is 0 Å². The lowest BCUT2D eigenvalue weighted by atomic mass is 9.91. The van der Waals surface area contributed by atoms with E-state index in [1.54, 1.807) is 0 Å². The molecule has 14 heavy (non-hydrogen) atoms. The Hall–Kier alpha value is -0.790. The predicted octanol–water partition coefficient (Wildman–Crippen LogP) is 3.02. The number of rotatable bonds is 2. The van der Waals surface area contributed by atoms with Gasteiger partial charge in [-0.25, -0.2) is 0 Å². The maximum absolute atomic E-state index is 6.13. The molecule has 1 aromatic rings. The zero-order valence-corrected chi connectivity index (χ0v) is 8.85. The molecule has 0 spiro atoms. The van der Waals surface area contributed by atoms with Crippen molar-refractivity contribution in [3.63, 3.8) is 0 Å². The van der Waals surface area contributed by atoms with Gasteiger partial charge >= 0.3 is 0 Å². The van der Waals surface area contributed by atoms with Crippen LogP contribution in [0.1, 0.15) is 24.0 Å². The Morgan fingerprint density at radius 1 is 1.29 bits per heavy atom. The summed E-state index contributed by atoms with van der Waals surface area (Å²) in [7, 11) is 0. The minimum Gasteiger partial charge on any atom is -0.330 e. The third-order valence-electron chi connectivity index (χ3n) is 2.67. The van der Waals surface area contributed by atoms with Gasteiger partial charge in [-0.3, -0.25) is 0 Å². The second-order valence-corrected chi connectivity index (χ2v) is 4.06. The van der Waals surface area contributed by atoms with Crippen molar-refractivity contribution in [2.75, 3.05) is 6.54 Å². The van der Waals surface area contributed by atoms with Crippen molar-refractivity contribution in [2.24, 2.45) is 5.73 Å². The van der Waals surface area contributed by atoms with Gasteiger partial charge in [-0.2, -0.15) is 0 Å². The lowest BCUT2D eigenvalue weighted by Gasteiger charge is -2.16. The first kappa shape index (κ1) is 9.75. The van der Waals surface area contributed by atoms with Crippen molar-refractivity contribution in [1.82, 2.24) is 0 Å². The van der Waals surface area contributed by atoms with Crippen LogP contribution >= 0.6 is 11.6 Å². The molecule has 74 valence electrons. The maximum Gasteiger partial charge on any atom is 0.0481 e. The normalized spacial score (nSPS) is 14.9. The summed E-state index contributed by atoms with van der Waals surface area (Å²) in [5, 5.41) is 0.858. The van der Waals surface area contributed by atoms with E-state index >= 15 is 0 Å². The predicted molar refractivity (Wildman–Crippen MR) is 61.4 cm³/mol. The summed E-state index contributed by atoms with van der Waals surface area (Å²) >= 11 is 6.13. The third-order valence-corrected chi connectivity index (χ3v) is 3.00. The SMILES string of the molecule is NCCC1=Cc2c(Cl)cccc2CC1. The van der Waals surface area contributed by atoms with Crippen LogP contribution in [-0.2, 0) is 6.42 Å². The first-order chi connectivity index (χ1) is 6.81. The number of nitrogens with two attached hydrogens (primary N) is 1. The van der Waals surface area contributed by atoms with E-state index in [1.807, 2.05) is 12.1 Å². The molecule has 1 aliphatic carbocycles. The molecule has 0 radical (unpaired) electrons. The Morgan fingerprint density at radius 3 is 2.93 bits per heavy atom. The summed E-state index contributed by atoms with van der Waals surface area (Å²) in [6.45, 7) is 0.728. The molecule has 0 bridgehead atoms. The van der Waals surface area contributed by atoms with Crippen LogP contribution in [0.3, 0.4) is 0 Å². The highest BCUT2D eigenvalue weighted by molar-refractivity contribution is 6.32. The first-order valence-electron chi connectivity index (χ1n) is 4.98. The van der Waals surface area contributed by atoms with E-state index in [-0.39, 0.29) is 0 Å². The molecule has 0 fully saturated rings. The van der Waals surface area contributed by atoms with Crippen LogP contribution in [0.2, 0.25) is 5.02 Å². The summed E-state index contributed by atoms with van der Waals surface area (Å²) in [5.41, 5.74) is 9.53. The Kier molecular flexibility index (Phi) is 2.90. The molecule has 1 nitrogen and oxygen atoms in total. The fraction of sp³-hybridized carbons (Fsp3) is 0.333. The minimum absolute atomic E-state index is 0.728. The lowest BCUT2D eigenvalue weighted by molar-refractivity contribution is 0.837. The van der Waals surface area contributed by atoms with Crippen LogP contribution in [0, 0.1) is 0 Å². The second kappa shape index (κ2) is 4.16. The second-order valence-electron chi connectivity index (χ2n) is 3.65. The summed E-state index contributed by atoms with van der Waals surface area (Å²) < 4.78 is 0. The molecular formula is C12H14ClN. The maximum atomic E-state index is 6.13. The molecule has 2 heteroatoms. The smallest absolute Gasteiger partial charge is 0.0481 e. The van der Waals surface area contributed by atoms with Crippen LogP contribution in [0.15, 0.2) is 23.8 Å². The third kappa shape index (κ3) is 1.84. The fourth-order valence-corrected chi connectivity index (χ4v) is 2.16. The van der Waals surface area contributed by atoms with Gasteiger partial charge in [-0.1, -0.05) is 35.4 Å². The van der Waals surface area contributed by atoms with Gasteiger partial charge in [0, 0.05) is 5.02 Å². The van der Waals surface area contributed by atoms with Gasteiger partial charge in [0.1, 0.15) is 0 Å². The highest BCUT2D eigenvalue weighted by Crippen LogP contribution is 2.30. The monoisotopic (exact) mass is 207 g/mol. The molecule has 0 heterocycles. The van der Waals surface area contributed by atoms with Gasteiger partial charge in [0.15, 0.2) is 0 Å². The molecule has 2 rings (SSSR count). The van der Waals surface area contributed by atoms with Gasteiger partial charge in [0.05, 0.1) is 0 Å². The Labute approximate surface area is 89.6 Å². The number of aryl methyl sites for hydroxylation is 1. The Morgan fingerprint density at radius 2 is 2.14 bits per heavy atom. The van der Waals surface area contributed by atoms with Crippen LogP contribution in [-0.4, -0.2) is 6.54 Å². The zero-order valence-electron chi connectivity index (χ0n) is 8.09. The molecule has 0 saturated heterocycles. The standard InChI is InChI=1S/C12H14ClN/c13-12-3-1-2-10-5-4-9(6-7-14)8-11(10)12/h1-3,8H,4-7,14H2. The van der Waals surface area contributed by atoms with Crippen LogP contribution < -0.4 is 5.73 Å². The van der Waals surface area contributed by atoms with E-state index < -0.39 is 0 Å². The molecule has 0 aromatic heterocycles. The van der Waals surface area contributed by atoms with Gasteiger partial charge < -0.3 is 5.73 Å². The van der Waals surface area contributed by atoms with Crippen molar-refractivity contribution in [3.8, 4) is 0 Å². The van der Waals surface area contributed by atoms with E-state index in [4.69, 9.17) is 17.3 Å². The van der Waals surface area contributed by atoms with Gasteiger partial charge in [0.25, 0.3) is 0 Å². The highest BCUT2D eigenvalue weighted by Gasteiger charge is 2.11. The van der Waals surface area contributed by atoms with Gasteiger partial charge in [-0.05, 0) is 43.0 Å². The van der Waals surface area contributed by atoms with Crippen molar-refractivity contribution in [3.05, 3.63) is 39.9 Å². The Bertz CT molecular complexity index is 369. The molecule has 0 saturated carbocycles. The molecule has 0 atom stereocenters. The molecule has 1 aromatic carbocycles. The number of fused-ring (bicyclic) bond motifs is 1. The molecule has 0 unspecified atom stereocenters. The summed E-state index contributed by atoms with van der Waals surface area (Å²) in [6, 6.07) is 6.11. The molecular weight excluding hydrogens is 194 g/mol. The van der Waals surface area contributed by atoms with E-state index in [1.165, 1.54) is 16.7 Å². The van der Waals surface area contributed by atoms with Gasteiger partial charge in [0.2, 0.25) is 0 Å². The first-order valence-corrected chi connectivity index (χ1v) is 5.36. The summed E-state index contributed by atoms with van der Waals surface area (Å²) in [6.07, 6.45) is 5.42. The number of halogens is 1. The van der Waals surface area contributed by atoms with Crippen LogP contribution in [0.25, 0.3) is 6.08 Å². The number of hydrogen-bond donors (Lipinski definition) is 1. The topological polar surface area (TPSA) is 26.0 Å². The largest absolute Gasteiger partial charge is 0.330 e. The van der Waals surface area contributed by atoms with Crippen molar-refractivity contribution >= 4 is 17.7 Å². The van der Waals surface area contributed by atoms with E-state index in [9.17, 15) is 0 Å². The van der Waals surface area contributed by atoms with Crippen molar-refractivity contribution < 1.29 is 0 Å². The average molecular weight is 208 g/mol. The van der Waals surface area contributed by atoms with E-state index in [0.29, 0.717) is 0 Å². The fourth-order valence-electron chi connectivity index (χ4n) is 1.92. The quantitative estimate of drug-likeness (QED) is 0.793. The molecule has 2 N–H and O–H groups in total. The molecule has 0 aliphatic heterocycles. The highest BCUT2D eigenvalue weighted by atomic mass is 35.5. The Balaban J connectivity index is 2.37. The van der Waals surface area contributed by atoms with Crippen LogP contribution in [0.5, 0.6) is 0 Å². The van der Waals surface area contributed by atoms with Crippen molar-refractivity contribution in [2.45, 2.75) is 19.3 Å².